The first-order valence-corrected chi connectivity index (χ1v) is 9.14. The lowest BCUT2D eigenvalue weighted by molar-refractivity contribution is -0.134. The van der Waals surface area contributed by atoms with Gasteiger partial charge in [0.25, 0.3) is 0 Å². The third-order valence-electron chi connectivity index (χ3n) is 4.59. The Morgan fingerprint density at radius 2 is 2.15 bits per heavy atom. The van der Waals surface area contributed by atoms with Crippen molar-refractivity contribution in [3.8, 4) is 0 Å². The minimum absolute atomic E-state index is 0.0649. The molecule has 3 rings (SSSR count). The van der Waals surface area contributed by atoms with E-state index in [0.717, 1.165) is 24.2 Å². The fraction of sp³-hybridized carbons (Fsp3) is 0.474. The highest BCUT2D eigenvalue weighted by molar-refractivity contribution is 5.78. The fourth-order valence-electron chi connectivity index (χ4n) is 3.19. The van der Waals surface area contributed by atoms with Gasteiger partial charge in [-0.2, -0.15) is 5.10 Å². The second-order valence-electron chi connectivity index (χ2n) is 6.60. The van der Waals surface area contributed by atoms with Crippen LogP contribution >= 0.6 is 0 Å². The van der Waals surface area contributed by atoms with Gasteiger partial charge in [0.2, 0.25) is 11.8 Å². The van der Waals surface area contributed by atoms with E-state index in [1.54, 1.807) is 12.4 Å². The third kappa shape index (κ3) is 4.47. The van der Waals surface area contributed by atoms with Crippen LogP contribution in [-0.4, -0.2) is 38.0 Å². The summed E-state index contributed by atoms with van der Waals surface area (Å²) >= 11 is 0. The molecule has 1 aliphatic heterocycles. The molecule has 138 valence electrons. The Hall–Kier alpha value is -2.70. The van der Waals surface area contributed by atoms with Crippen LogP contribution in [0.2, 0.25) is 0 Å². The van der Waals surface area contributed by atoms with E-state index in [0.29, 0.717) is 32.5 Å². The number of aromatic nitrogens is 3. The third-order valence-corrected chi connectivity index (χ3v) is 4.59. The Bertz CT molecular complexity index is 743. The number of nitrogens with zero attached hydrogens (tertiary/aromatic N) is 4. The molecule has 0 aromatic carbocycles. The fourth-order valence-corrected chi connectivity index (χ4v) is 3.19. The highest BCUT2D eigenvalue weighted by Gasteiger charge is 2.29. The van der Waals surface area contributed by atoms with Crippen molar-refractivity contribution in [3.05, 3.63) is 48.0 Å². The van der Waals surface area contributed by atoms with Crippen molar-refractivity contribution in [3.63, 3.8) is 0 Å². The number of hydrogen-bond donors (Lipinski definition) is 1. The number of hydrogen-bond acceptors (Lipinski definition) is 4. The zero-order chi connectivity index (χ0) is 18.4. The molecule has 0 bridgehead atoms. The Labute approximate surface area is 153 Å². The van der Waals surface area contributed by atoms with Gasteiger partial charge in [0.15, 0.2) is 0 Å². The molecule has 1 aliphatic rings. The highest BCUT2D eigenvalue weighted by atomic mass is 16.2. The van der Waals surface area contributed by atoms with Gasteiger partial charge in [0.1, 0.15) is 0 Å². The van der Waals surface area contributed by atoms with Crippen LogP contribution in [0.3, 0.4) is 0 Å². The van der Waals surface area contributed by atoms with Crippen molar-refractivity contribution < 1.29 is 9.59 Å². The standard InChI is InChI=1S/C19H25N5O2/c1-2-3-7-19(26)23-13-16-8-10-22-24(16)17(14-23)11-18(25)21-12-15-6-4-5-9-20-15/h4-6,8-10,17H,2-3,7,11-14H2,1H3,(H,21,25). The summed E-state index contributed by atoms with van der Waals surface area (Å²) < 4.78 is 1.88. The van der Waals surface area contributed by atoms with Crippen molar-refractivity contribution in [2.45, 2.75) is 51.7 Å². The monoisotopic (exact) mass is 355 g/mol. The van der Waals surface area contributed by atoms with Crippen molar-refractivity contribution >= 4 is 11.8 Å². The van der Waals surface area contributed by atoms with Gasteiger partial charge in [0, 0.05) is 25.4 Å². The summed E-state index contributed by atoms with van der Waals surface area (Å²) in [4.78, 5) is 30.9. The minimum atomic E-state index is -0.136. The molecular weight excluding hydrogens is 330 g/mol. The number of carbonyl (C=O) groups is 2. The maximum Gasteiger partial charge on any atom is 0.222 e. The number of nitrogens with one attached hydrogen (secondary N) is 1. The van der Waals surface area contributed by atoms with E-state index < -0.39 is 0 Å². The summed E-state index contributed by atoms with van der Waals surface area (Å²) in [5.41, 5.74) is 1.80. The van der Waals surface area contributed by atoms with Gasteiger partial charge in [-0.3, -0.25) is 19.3 Å². The molecule has 26 heavy (non-hydrogen) atoms. The van der Waals surface area contributed by atoms with Gasteiger partial charge in [-0.15, -0.1) is 0 Å². The van der Waals surface area contributed by atoms with E-state index in [1.165, 1.54) is 0 Å². The van der Waals surface area contributed by atoms with Gasteiger partial charge in [-0.1, -0.05) is 19.4 Å². The summed E-state index contributed by atoms with van der Waals surface area (Å²) in [6.07, 6.45) is 6.18. The summed E-state index contributed by atoms with van der Waals surface area (Å²) in [6, 6.07) is 7.39. The van der Waals surface area contributed by atoms with E-state index in [-0.39, 0.29) is 17.9 Å². The largest absolute Gasteiger partial charge is 0.350 e. The first kappa shape index (κ1) is 18.1. The van der Waals surface area contributed by atoms with E-state index in [4.69, 9.17) is 0 Å². The molecule has 3 heterocycles. The Morgan fingerprint density at radius 3 is 2.92 bits per heavy atom. The lowest BCUT2D eigenvalue weighted by atomic mass is 10.1. The van der Waals surface area contributed by atoms with Gasteiger partial charge in [0.05, 0.1) is 36.9 Å². The molecular formula is C19H25N5O2. The van der Waals surface area contributed by atoms with E-state index in [1.807, 2.05) is 33.8 Å². The molecule has 0 saturated heterocycles. The molecule has 2 aromatic rings. The van der Waals surface area contributed by atoms with Crippen LogP contribution in [0.1, 0.15) is 50.0 Å². The second kappa shape index (κ2) is 8.60. The Morgan fingerprint density at radius 1 is 1.27 bits per heavy atom. The number of unbranched alkanes of at least 4 members (excludes halogenated alkanes) is 1. The number of carbonyl (C=O) groups excluding carboxylic acids is 2. The molecule has 0 spiro atoms. The zero-order valence-electron chi connectivity index (χ0n) is 15.1. The maximum absolute atomic E-state index is 12.4. The first-order chi connectivity index (χ1) is 12.7. The molecule has 0 radical (unpaired) electrons. The first-order valence-electron chi connectivity index (χ1n) is 9.14. The molecule has 7 nitrogen and oxygen atoms in total. The number of amides is 2. The highest BCUT2D eigenvalue weighted by Crippen LogP contribution is 2.23. The van der Waals surface area contributed by atoms with Crippen LogP contribution in [0.5, 0.6) is 0 Å². The van der Waals surface area contributed by atoms with Crippen LogP contribution in [-0.2, 0) is 22.7 Å². The quantitative estimate of drug-likeness (QED) is 0.824. The van der Waals surface area contributed by atoms with Gasteiger partial charge < -0.3 is 10.2 Å². The van der Waals surface area contributed by atoms with Crippen molar-refractivity contribution in [1.29, 1.82) is 0 Å². The predicted octanol–water partition coefficient (Wildman–Crippen LogP) is 2.06. The lowest BCUT2D eigenvalue weighted by Crippen LogP contribution is -2.42. The topological polar surface area (TPSA) is 80.1 Å². The summed E-state index contributed by atoms with van der Waals surface area (Å²) in [5.74, 6) is 0.0863. The smallest absolute Gasteiger partial charge is 0.222 e. The number of rotatable bonds is 7. The van der Waals surface area contributed by atoms with E-state index >= 15 is 0 Å². The van der Waals surface area contributed by atoms with Crippen molar-refractivity contribution in [2.75, 3.05) is 6.54 Å². The Balaban J connectivity index is 1.60. The Kier molecular flexibility index (Phi) is 5.99. The molecule has 1 N–H and O–H groups in total. The molecule has 0 fully saturated rings. The molecule has 0 saturated carbocycles. The molecule has 2 amide bonds. The average molecular weight is 355 g/mol. The van der Waals surface area contributed by atoms with Gasteiger partial charge in [-0.25, -0.2) is 0 Å². The predicted molar refractivity (Wildman–Crippen MR) is 96.9 cm³/mol. The molecule has 7 heteroatoms. The van der Waals surface area contributed by atoms with Crippen LogP contribution in [0.25, 0.3) is 0 Å². The van der Waals surface area contributed by atoms with Crippen molar-refractivity contribution in [2.24, 2.45) is 0 Å². The van der Waals surface area contributed by atoms with Crippen LogP contribution in [0.15, 0.2) is 36.7 Å². The molecule has 1 atom stereocenters. The zero-order valence-corrected chi connectivity index (χ0v) is 15.1. The molecule has 0 aliphatic carbocycles. The maximum atomic E-state index is 12.4. The van der Waals surface area contributed by atoms with Gasteiger partial charge >= 0.3 is 0 Å². The second-order valence-corrected chi connectivity index (χ2v) is 6.60. The summed E-state index contributed by atoms with van der Waals surface area (Å²) in [5, 5.41) is 7.25. The number of fused-ring (bicyclic) bond motifs is 1. The summed E-state index contributed by atoms with van der Waals surface area (Å²) in [7, 11) is 0. The normalized spacial score (nSPS) is 16.2. The molecule has 2 aromatic heterocycles. The minimum Gasteiger partial charge on any atom is -0.350 e. The SMILES string of the molecule is CCCCC(=O)N1Cc2ccnn2C(CC(=O)NCc2ccccn2)C1. The molecule has 1 unspecified atom stereocenters. The van der Waals surface area contributed by atoms with Crippen LogP contribution in [0, 0.1) is 0 Å². The van der Waals surface area contributed by atoms with Crippen molar-refractivity contribution in [1.82, 2.24) is 25.0 Å². The van der Waals surface area contributed by atoms with Crippen LogP contribution < -0.4 is 5.32 Å². The average Bonchev–Trinajstić information content (AvgIpc) is 3.14. The number of pyridine rings is 1. The summed E-state index contributed by atoms with van der Waals surface area (Å²) in [6.45, 7) is 3.56. The van der Waals surface area contributed by atoms with E-state index in [2.05, 4.69) is 22.3 Å². The van der Waals surface area contributed by atoms with Crippen LogP contribution in [0.4, 0.5) is 0 Å². The van der Waals surface area contributed by atoms with Gasteiger partial charge in [-0.05, 0) is 24.6 Å². The lowest BCUT2D eigenvalue weighted by Gasteiger charge is -2.33. The van der Waals surface area contributed by atoms with E-state index in [9.17, 15) is 9.59 Å².